The van der Waals surface area contributed by atoms with Crippen LogP contribution in [0.15, 0.2) is 46.1 Å². The minimum Gasteiger partial charge on any atom is -0.384 e. The largest absolute Gasteiger partial charge is 0.384 e. The quantitative estimate of drug-likeness (QED) is 0.699. The van der Waals surface area contributed by atoms with E-state index in [9.17, 15) is 8.42 Å². The SMILES string of the molecule is Cc1noc(C)c1S(=O)(=O)N1CCC[C@@H](c2ccc(-c3ccc(N)nc3)cn2)C1. The van der Waals surface area contributed by atoms with Crippen molar-refractivity contribution in [2.24, 2.45) is 0 Å². The van der Waals surface area contributed by atoms with Gasteiger partial charge in [0.1, 0.15) is 16.4 Å². The molecule has 0 radical (unpaired) electrons. The lowest BCUT2D eigenvalue weighted by molar-refractivity contribution is 0.312. The lowest BCUT2D eigenvalue weighted by atomic mass is 9.95. The van der Waals surface area contributed by atoms with Crippen molar-refractivity contribution in [3.05, 3.63) is 53.8 Å². The number of nitrogens with two attached hydrogens (primary N) is 1. The van der Waals surface area contributed by atoms with Gasteiger partial charge in [0.05, 0.1) is 0 Å². The number of hydrogen-bond acceptors (Lipinski definition) is 7. The van der Waals surface area contributed by atoms with E-state index >= 15 is 0 Å². The molecule has 2 N–H and O–H groups in total. The molecule has 4 heterocycles. The molecule has 1 saturated heterocycles. The summed E-state index contributed by atoms with van der Waals surface area (Å²) >= 11 is 0. The number of sulfonamides is 1. The number of aryl methyl sites for hydroxylation is 2. The molecule has 152 valence electrons. The van der Waals surface area contributed by atoms with E-state index in [0.717, 1.165) is 29.7 Å². The van der Waals surface area contributed by atoms with Gasteiger partial charge in [-0.15, -0.1) is 0 Å². The van der Waals surface area contributed by atoms with Crippen molar-refractivity contribution in [1.29, 1.82) is 0 Å². The molecule has 0 amide bonds. The summed E-state index contributed by atoms with van der Waals surface area (Å²) in [6.07, 6.45) is 5.18. The summed E-state index contributed by atoms with van der Waals surface area (Å²) in [7, 11) is -3.65. The van der Waals surface area contributed by atoms with Gasteiger partial charge in [-0.05, 0) is 44.9 Å². The second kappa shape index (κ2) is 7.57. The summed E-state index contributed by atoms with van der Waals surface area (Å²) in [6.45, 7) is 4.15. The van der Waals surface area contributed by atoms with Gasteiger partial charge in [-0.25, -0.2) is 13.4 Å². The number of pyridine rings is 2. The molecule has 8 nitrogen and oxygen atoms in total. The second-order valence-electron chi connectivity index (χ2n) is 7.30. The number of piperidine rings is 1. The zero-order valence-electron chi connectivity index (χ0n) is 16.4. The monoisotopic (exact) mass is 413 g/mol. The number of nitrogens with zero attached hydrogens (tertiary/aromatic N) is 4. The molecule has 9 heteroatoms. The van der Waals surface area contributed by atoms with Crippen molar-refractivity contribution in [2.45, 2.75) is 37.5 Å². The molecule has 0 aliphatic carbocycles. The molecule has 29 heavy (non-hydrogen) atoms. The van der Waals surface area contributed by atoms with Crippen LogP contribution >= 0.6 is 0 Å². The van der Waals surface area contributed by atoms with Gasteiger partial charge >= 0.3 is 0 Å². The fraction of sp³-hybridized carbons (Fsp3) is 0.350. The first kappa shape index (κ1) is 19.5. The molecule has 3 aromatic rings. The Balaban J connectivity index is 1.55. The highest BCUT2D eigenvalue weighted by atomic mass is 32.2. The van der Waals surface area contributed by atoms with E-state index in [1.807, 2.05) is 18.2 Å². The summed E-state index contributed by atoms with van der Waals surface area (Å²) in [5, 5.41) is 3.79. The molecule has 0 aromatic carbocycles. The predicted octanol–water partition coefficient (Wildman–Crippen LogP) is 2.90. The third-order valence-electron chi connectivity index (χ3n) is 5.27. The fourth-order valence-corrected chi connectivity index (χ4v) is 5.58. The van der Waals surface area contributed by atoms with Crippen LogP contribution in [-0.2, 0) is 10.0 Å². The highest BCUT2D eigenvalue weighted by Crippen LogP contribution is 2.32. The summed E-state index contributed by atoms with van der Waals surface area (Å²) in [6, 6.07) is 7.60. The molecular formula is C20H23N5O3S. The van der Waals surface area contributed by atoms with Crippen molar-refractivity contribution in [2.75, 3.05) is 18.8 Å². The Labute approximate surface area is 169 Å². The number of aromatic nitrogens is 3. The van der Waals surface area contributed by atoms with Crippen LogP contribution < -0.4 is 5.73 Å². The van der Waals surface area contributed by atoms with Gasteiger partial charge in [-0.3, -0.25) is 4.98 Å². The lowest BCUT2D eigenvalue weighted by Crippen LogP contribution is -2.39. The number of hydrogen-bond donors (Lipinski definition) is 1. The highest BCUT2D eigenvalue weighted by Gasteiger charge is 2.35. The van der Waals surface area contributed by atoms with Gasteiger partial charge in [0.2, 0.25) is 10.0 Å². The predicted molar refractivity (Wildman–Crippen MR) is 109 cm³/mol. The number of nitrogen functional groups attached to an aromatic ring is 1. The van der Waals surface area contributed by atoms with E-state index in [2.05, 4.69) is 15.1 Å². The second-order valence-corrected chi connectivity index (χ2v) is 9.17. The van der Waals surface area contributed by atoms with Crippen molar-refractivity contribution >= 4 is 15.8 Å². The zero-order chi connectivity index (χ0) is 20.6. The molecule has 0 unspecified atom stereocenters. The first-order valence-corrected chi connectivity index (χ1v) is 10.9. The molecule has 1 atom stereocenters. The maximum Gasteiger partial charge on any atom is 0.248 e. The summed E-state index contributed by atoms with van der Waals surface area (Å²) < 4.78 is 32.8. The minimum absolute atomic E-state index is 0.0394. The summed E-state index contributed by atoms with van der Waals surface area (Å²) in [5.74, 6) is 0.835. The first-order chi connectivity index (χ1) is 13.9. The fourth-order valence-electron chi connectivity index (χ4n) is 3.77. The van der Waals surface area contributed by atoms with Gasteiger partial charge < -0.3 is 10.3 Å². The van der Waals surface area contributed by atoms with Crippen molar-refractivity contribution in [1.82, 2.24) is 19.4 Å². The van der Waals surface area contributed by atoms with Crippen LogP contribution in [0.2, 0.25) is 0 Å². The zero-order valence-corrected chi connectivity index (χ0v) is 17.2. The topological polar surface area (TPSA) is 115 Å². The van der Waals surface area contributed by atoms with Gasteiger partial charge in [0.25, 0.3) is 0 Å². The van der Waals surface area contributed by atoms with Gasteiger partial charge in [0.15, 0.2) is 5.76 Å². The van der Waals surface area contributed by atoms with Gasteiger partial charge in [-0.1, -0.05) is 11.2 Å². The van der Waals surface area contributed by atoms with E-state index in [1.165, 1.54) is 4.31 Å². The van der Waals surface area contributed by atoms with Crippen molar-refractivity contribution in [3.8, 4) is 11.1 Å². The molecule has 0 bridgehead atoms. The molecule has 4 rings (SSSR count). The van der Waals surface area contributed by atoms with E-state index in [4.69, 9.17) is 10.3 Å². The maximum absolute atomic E-state index is 13.1. The third kappa shape index (κ3) is 3.75. The summed E-state index contributed by atoms with van der Waals surface area (Å²) in [4.78, 5) is 8.89. The molecule has 1 aliphatic rings. The molecule has 0 spiro atoms. The van der Waals surface area contributed by atoms with E-state index < -0.39 is 10.0 Å². The normalized spacial score (nSPS) is 18.1. The highest BCUT2D eigenvalue weighted by molar-refractivity contribution is 7.89. The van der Waals surface area contributed by atoms with Crippen LogP contribution in [0.25, 0.3) is 11.1 Å². The van der Waals surface area contributed by atoms with E-state index in [-0.39, 0.29) is 10.8 Å². The van der Waals surface area contributed by atoms with E-state index in [0.29, 0.717) is 30.4 Å². The first-order valence-electron chi connectivity index (χ1n) is 9.47. The van der Waals surface area contributed by atoms with E-state index in [1.54, 1.807) is 32.3 Å². The standard InChI is InChI=1S/C20H23N5O3S/c1-13-20(14(2)28-24-13)29(26,27)25-9-3-4-17(12-25)18-7-5-15(10-22-18)16-6-8-19(21)23-11-16/h5-8,10-11,17H,3-4,9,12H2,1-2H3,(H2,21,23)/t17-/m1/s1. The number of anilines is 1. The Morgan fingerprint density at radius 2 is 1.83 bits per heavy atom. The average Bonchev–Trinajstić information content (AvgIpc) is 3.08. The Hall–Kier alpha value is -2.78. The Kier molecular flexibility index (Phi) is 5.10. The van der Waals surface area contributed by atoms with Crippen LogP contribution in [0.3, 0.4) is 0 Å². The van der Waals surface area contributed by atoms with Crippen LogP contribution in [0.1, 0.15) is 35.9 Å². The van der Waals surface area contributed by atoms with Crippen LogP contribution in [0.4, 0.5) is 5.82 Å². The molecule has 1 fully saturated rings. The number of rotatable bonds is 4. The molecule has 1 aliphatic heterocycles. The Bertz CT molecular complexity index is 1090. The summed E-state index contributed by atoms with van der Waals surface area (Å²) in [5.41, 5.74) is 8.79. The van der Waals surface area contributed by atoms with Gasteiger partial charge in [0, 0.05) is 48.2 Å². The van der Waals surface area contributed by atoms with Crippen LogP contribution in [0, 0.1) is 13.8 Å². The maximum atomic E-state index is 13.1. The molecule has 0 saturated carbocycles. The molecular weight excluding hydrogens is 390 g/mol. The smallest absolute Gasteiger partial charge is 0.248 e. The van der Waals surface area contributed by atoms with Crippen molar-refractivity contribution in [3.63, 3.8) is 0 Å². The Morgan fingerprint density at radius 3 is 2.41 bits per heavy atom. The third-order valence-corrected chi connectivity index (χ3v) is 7.38. The van der Waals surface area contributed by atoms with Crippen molar-refractivity contribution < 1.29 is 12.9 Å². The Morgan fingerprint density at radius 1 is 1.10 bits per heavy atom. The lowest BCUT2D eigenvalue weighted by Gasteiger charge is -2.31. The van der Waals surface area contributed by atoms with Crippen LogP contribution in [-0.4, -0.2) is 40.9 Å². The molecule has 3 aromatic heterocycles. The average molecular weight is 414 g/mol. The van der Waals surface area contributed by atoms with Gasteiger partial charge in [-0.2, -0.15) is 4.31 Å². The van der Waals surface area contributed by atoms with Crippen LogP contribution in [0.5, 0.6) is 0 Å². The minimum atomic E-state index is -3.65.